The van der Waals surface area contributed by atoms with Gasteiger partial charge in [-0.1, -0.05) is 19.1 Å². The highest BCUT2D eigenvalue weighted by atomic mass is 32.1. The van der Waals surface area contributed by atoms with E-state index in [1.165, 1.54) is 0 Å². The molecule has 0 rings (SSSR count). The Bertz CT molecular complexity index is 147. The standard InChI is InChI=1S/C6H11NO2S/c1-3-5(10)7-4(2)6(8)9/h4H,3H2,1-2H3,(H,7,10)(H,8,9). The minimum absolute atomic E-state index is 0.576. The zero-order valence-electron chi connectivity index (χ0n) is 6.05. The summed E-state index contributed by atoms with van der Waals surface area (Å²) >= 11 is 4.78. The van der Waals surface area contributed by atoms with Gasteiger partial charge in [0.05, 0.1) is 4.99 Å². The van der Waals surface area contributed by atoms with Crippen LogP contribution in [0, 0.1) is 0 Å². The zero-order valence-corrected chi connectivity index (χ0v) is 6.86. The van der Waals surface area contributed by atoms with Crippen LogP contribution in [0.15, 0.2) is 0 Å². The number of hydrogen-bond acceptors (Lipinski definition) is 2. The number of thiocarbonyl (C=S) groups is 1. The van der Waals surface area contributed by atoms with Gasteiger partial charge in [0, 0.05) is 0 Å². The third-order valence-corrected chi connectivity index (χ3v) is 1.48. The van der Waals surface area contributed by atoms with Crippen LogP contribution in [0.4, 0.5) is 0 Å². The third kappa shape index (κ3) is 3.40. The maximum absolute atomic E-state index is 10.2. The quantitative estimate of drug-likeness (QED) is 0.601. The van der Waals surface area contributed by atoms with Gasteiger partial charge in [-0.15, -0.1) is 0 Å². The number of rotatable bonds is 3. The maximum Gasteiger partial charge on any atom is 0.325 e. The number of hydrogen-bond donors (Lipinski definition) is 2. The molecule has 10 heavy (non-hydrogen) atoms. The molecule has 1 unspecified atom stereocenters. The molecule has 0 aliphatic heterocycles. The van der Waals surface area contributed by atoms with E-state index in [0.29, 0.717) is 11.4 Å². The van der Waals surface area contributed by atoms with Gasteiger partial charge < -0.3 is 10.4 Å². The smallest absolute Gasteiger partial charge is 0.325 e. The number of carboxylic acid groups (broad SMARTS) is 1. The second kappa shape index (κ2) is 4.22. The first kappa shape index (κ1) is 9.36. The number of carbonyl (C=O) groups is 1. The van der Waals surface area contributed by atoms with Crippen LogP contribution >= 0.6 is 12.2 Å². The van der Waals surface area contributed by atoms with E-state index in [9.17, 15) is 4.79 Å². The van der Waals surface area contributed by atoms with Gasteiger partial charge in [0.1, 0.15) is 6.04 Å². The minimum Gasteiger partial charge on any atom is -0.480 e. The Labute approximate surface area is 65.4 Å². The lowest BCUT2D eigenvalue weighted by Gasteiger charge is -2.09. The van der Waals surface area contributed by atoms with Gasteiger partial charge in [-0.05, 0) is 13.3 Å². The molecule has 3 nitrogen and oxygen atoms in total. The SMILES string of the molecule is CCC(=S)NC(C)C(=O)O. The monoisotopic (exact) mass is 161 g/mol. The molecule has 4 heteroatoms. The van der Waals surface area contributed by atoms with E-state index < -0.39 is 12.0 Å². The lowest BCUT2D eigenvalue weighted by atomic mass is 10.3. The van der Waals surface area contributed by atoms with Crippen molar-refractivity contribution in [1.82, 2.24) is 5.32 Å². The summed E-state index contributed by atoms with van der Waals surface area (Å²) in [7, 11) is 0. The van der Waals surface area contributed by atoms with Crippen LogP contribution in [0.25, 0.3) is 0 Å². The van der Waals surface area contributed by atoms with Gasteiger partial charge in [-0.2, -0.15) is 0 Å². The van der Waals surface area contributed by atoms with Crippen LogP contribution in [-0.2, 0) is 4.79 Å². The predicted molar refractivity (Wildman–Crippen MR) is 43.1 cm³/mol. The molecule has 0 heterocycles. The van der Waals surface area contributed by atoms with Gasteiger partial charge in [0.2, 0.25) is 0 Å². The molecule has 0 aromatic carbocycles. The van der Waals surface area contributed by atoms with Crippen LogP contribution in [0.2, 0.25) is 0 Å². The molecule has 0 aromatic rings. The summed E-state index contributed by atoms with van der Waals surface area (Å²) in [6.07, 6.45) is 0.687. The van der Waals surface area contributed by atoms with Crippen molar-refractivity contribution in [3.8, 4) is 0 Å². The van der Waals surface area contributed by atoms with Crippen molar-refractivity contribution in [3.05, 3.63) is 0 Å². The first-order chi connectivity index (χ1) is 4.57. The number of carboxylic acids is 1. The first-order valence-electron chi connectivity index (χ1n) is 3.10. The van der Waals surface area contributed by atoms with Crippen LogP contribution in [-0.4, -0.2) is 22.1 Å². The molecule has 0 aromatic heterocycles. The Morgan fingerprint density at radius 2 is 2.30 bits per heavy atom. The Morgan fingerprint density at radius 1 is 1.80 bits per heavy atom. The molecule has 0 amide bonds. The van der Waals surface area contributed by atoms with Crippen LogP contribution in [0.3, 0.4) is 0 Å². The summed E-state index contributed by atoms with van der Waals surface area (Å²) in [5.41, 5.74) is 0. The Kier molecular flexibility index (Phi) is 3.95. The van der Waals surface area contributed by atoms with Crippen LogP contribution in [0.5, 0.6) is 0 Å². The van der Waals surface area contributed by atoms with Crippen LogP contribution in [0.1, 0.15) is 20.3 Å². The molecule has 0 spiro atoms. The first-order valence-corrected chi connectivity index (χ1v) is 3.51. The van der Waals surface area contributed by atoms with E-state index in [1.807, 2.05) is 6.92 Å². The van der Waals surface area contributed by atoms with E-state index >= 15 is 0 Å². The Balaban J connectivity index is 3.68. The fourth-order valence-corrected chi connectivity index (χ4v) is 0.582. The van der Waals surface area contributed by atoms with Crippen molar-refractivity contribution in [2.45, 2.75) is 26.3 Å². The van der Waals surface area contributed by atoms with E-state index in [0.717, 1.165) is 0 Å². The average Bonchev–Trinajstić information content (AvgIpc) is 1.87. The van der Waals surface area contributed by atoms with Gasteiger partial charge in [-0.3, -0.25) is 4.79 Å². The Morgan fingerprint density at radius 3 is 2.60 bits per heavy atom. The van der Waals surface area contributed by atoms with E-state index in [-0.39, 0.29) is 0 Å². The molecule has 1 atom stereocenters. The van der Waals surface area contributed by atoms with Gasteiger partial charge in [-0.25, -0.2) is 0 Å². The van der Waals surface area contributed by atoms with E-state index in [2.05, 4.69) is 5.32 Å². The Hall–Kier alpha value is -0.640. The second-order valence-electron chi connectivity index (χ2n) is 1.98. The molecule has 0 bridgehead atoms. The highest BCUT2D eigenvalue weighted by Crippen LogP contribution is 1.85. The number of aliphatic carboxylic acids is 1. The van der Waals surface area contributed by atoms with Crippen LogP contribution < -0.4 is 5.32 Å². The van der Waals surface area contributed by atoms with Crippen molar-refractivity contribution in [2.75, 3.05) is 0 Å². The van der Waals surface area contributed by atoms with Crippen molar-refractivity contribution in [3.63, 3.8) is 0 Å². The summed E-state index contributed by atoms with van der Waals surface area (Å²) in [5, 5.41) is 11.1. The molecule has 0 aliphatic rings. The summed E-state index contributed by atoms with van der Waals surface area (Å²) in [5.74, 6) is -0.879. The molecular formula is C6H11NO2S. The molecule has 0 saturated heterocycles. The highest BCUT2D eigenvalue weighted by Gasteiger charge is 2.09. The molecular weight excluding hydrogens is 150 g/mol. The lowest BCUT2D eigenvalue weighted by Crippen LogP contribution is -2.36. The molecule has 0 radical (unpaired) electrons. The molecule has 2 N–H and O–H groups in total. The topological polar surface area (TPSA) is 49.3 Å². The van der Waals surface area contributed by atoms with Crippen molar-refractivity contribution in [1.29, 1.82) is 0 Å². The van der Waals surface area contributed by atoms with Crippen molar-refractivity contribution >= 4 is 23.2 Å². The molecule has 0 aliphatic carbocycles. The highest BCUT2D eigenvalue weighted by molar-refractivity contribution is 7.80. The second-order valence-corrected chi connectivity index (χ2v) is 2.47. The van der Waals surface area contributed by atoms with Gasteiger partial charge >= 0.3 is 5.97 Å². The zero-order chi connectivity index (χ0) is 8.15. The minimum atomic E-state index is -0.879. The summed E-state index contributed by atoms with van der Waals surface area (Å²) in [6.45, 7) is 3.44. The average molecular weight is 161 g/mol. The fraction of sp³-hybridized carbons (Fsp3) is 0.667. The lowest BCUT2D eigenvalue weighted by molar-refractivity contribution is -0.138. The summed E-state index contributed by atoms with van der Waals surface area (Å²) in [6, 6.07) is -0.576. The molecule has 0 fully saturated rings. The van der Waals surface area contributed by atoms with Crippen molar-refractivity contribution in [2.24, 2.45) is 0 Å². The molecule has 58 valence electrons. The predicted octanol–water partition coefficient (Wildman–Crippen LogP) is 0.786. The summed E-state index contributed by atoms with van der Waals surface area (Å²) in [4.78, 5) is 10.8. The van der Waals surface area contributed by atoms with E-state index in [4.69, 9.17) is 17.3 Å². The normalized spacial score (nSPS) is 12.2. The largest absolute Gasteiger partial charge is 0.480 e. The molecule has 0 saturated carbocycles. The third-order valence-electron chi connectivity index (χ3n) is 1.07. The number of nitrogens with one attached hydrogen (secondary N) is 1. The van der Waals surface area contributed by atoms with E-state index in [1.54, 1.807) is 6.92 Å². The fourth-order valence-electron chi connectivity index (χ4n) is 0.405. The van der Waals surface area contributed by atoms with Gasteiger partial charge in [0.25, 0.3) is 0 Å². The maximum atomic E-state index is 10.2. The summed E-state index contributed by atoms with van der Waals surface area (Å²) < 4.78 is 0. The van der Waals surface area contributed by atoms with Crippen molar-refractivity contribution < 1.29 is 9.90 Å². The van der Waals surface area contributed by atoms with Gasteiger partial charge in [0.15, 0.2) is 0 Å².